The van der Waals surface area contributed by atoms with Crippen molar-refractivity contribution in [1.29, 1.82) is 0 Å². The van der Waals surface area contributed by atoms with E-state index in [1.54, 1.807) is 6.20 Å². The van der Waals surface area contributed by atoms with Gasteiger partial charge in [0.2, 0.25) is 0 Å². The molecule has 0 aliphatic rings. The van der Waals surface area contributed by atoms with E-state index in [0.29, 0.717) is 6.54 Å². The minimum atomic E-state index is -0.187. The molecule has 1 atom stereocenters. The van der Waals surface area contributed by atoms with Crippen molar-refractivity contribution in [1.82, 2.24) is 20.2 Å². The van der Waals surface area contributed by atoms with Gasteiger partial charge in [-0.3, -0.25) is 0 Å². The van der Waals surface area contributed by atoms with Crippen LogP contribution < -0.4 is 15.5 Å². The van der Waals surface area contributed by atoms with Crippen LogP contribution in [0.3, 0.4) is 0 Å². The van der Waals surface area contributed by atoms with Gasteiger partial charge in [0, 0.05) is 45.8 Å². The summed E-state index contributed by atoms with van der Waals surface area (Å²) in [5.74, 6) is 1.10. The number of carbonyl (C=O) groups excluding carboxylic acids is 1. The third-order valence-corrected chi connectivity index (χ3v) is 4.00. The highest BCUT2D eigenvalue weighted by Gasteiger charge is 2.21. The Morgan fingerprint density at radius 2 is 1.92 bits per heavy atom. The second-order valence-electron chi connectivity index (χ2n) is 6.51. The molecule has 0 saturated heterocycles. The van der Waals surface area contributed by atoms with E-state index in [1.807, 2.05) is 61.1 Å². The van der Waals surface area contributed by atoms with Crippen LogP contribution in [-0.4, -0.2) is 29.7 Å². The van der Waals surface area contributed by atoms with Crippen molar-refractivity contribution in [3.63, 3.8) is 0 Å². The van der Waals surface area contributed by atoms with Gasteiger partial charge in [0.15, 0.2) is 0 Å². The summed E-state index contributed by atoms with van der Waals surface area (Å²) in [5.41, 5.74) is 2.20. The smallest absolute Gasteiger partial charge is 0.315 e. The fourth-order valence-corrected chi connectivity index (χ4v) is 2.49. The number of nitrogens with one attached hydrogen (secondary N) is 2. The van der Waals surface area contributed by atoms with Crippen molar-refractivity contribution < 1.29 is 4.79 Å². The molecule has 0 saturated carbocycles. The molecular formula is C18H27N5O. The molecule has 1 aromatic carbocycles. The Morgan fingerprint density at radius 3 is 2.42 bits per heavy atom. The highest BCUT2D eigenvalue weighted by molar-refractivity contribution is 5.74. The number of rotatable bonds is 6. The molecule has 0 fully saturated rings. The predicted octanol–water partition coefficient (Wildman–Crippen LogP) is 2.68. The maximum Gasteiger partial charge on any atom is 0.315 e. The highest BCUT2D eigenvalue weighted by Crippen LogP contribution is 2.19. The normalized spacial score (nSPS) is 12.1. The molecule has 2 N–H and O–H groups in total. The zero-order chi connectivity index (χ0) is 17.7. The number of aromatic nitrogens is 2. The molecule has 2 aromatic rings. The maximum atomic E-state index is 12.2. The van der Waals surface area contributed by atoms with Crippen LogP contribution in [0.2, 0.25) is 0 Å². The Balaban J connectivity index is 1.93. The molecule has 0 unspecified atom stereocenters. The Morgan fingerprint density at radius 1 is 1.25 bits per heavy atom. The quantitative estimate of drug-likeness (QED) is 0.856. The van der Waals surface area contributed by atoms with Gasteiger partial charge in [-0.2, -0.15) is 0 Å². The first-order chi connectivity index (χ1) is 11.4. The number of carbonyl (C=O) groups is 1. The molecule has 1 heterocycles. The van der Waals surface area contributed by atoms with Gasteiger partial charge in [-0.25, -0.2) is 9.78 Å². The molecule has 0 aliphatic carbocycles. The van der Waals surface area contributed by atoms with Gasteiger partial charge in [0.25, 0.3) is 0 Å². The molecule has 24 heavy (non-hydrogen) atoms. The van der Waals surface area contributed by atoms with E-state index in [2.05, 4.69) is 29.5 Å². The van der Waals surface area contributed by atoms with Crippen LogP contribution in [-0.2, 0) is 13.6 Å². The van der Waals surface area contributed by atoms with Crippen molar-refractivity contribution >= 4 is 11.7 Å². The SMILES string of the molecule is CC(C)[C@H](NC(=O)NCc1ccc(N(C)C)cc1)c1nccn1C. The number of amides is 2. The van der Waals surface area contributed by atoms with E-state index in [-0.39, 0.29) is 18.0 Å². The number of nitrogens with zero attached hydrogens (tertiary/aromatic N) is 3. The number of hydrogen-bond acceptors (Lipinski definition) is 3. The van der Waals surface area contributed by atoms with E-state index in [0.717, 1.165) is 17.1 Å². The van der Waals surface area contributed by atoms with Gasteiger partial charge in [-0.1, -0.05) is 26.0 Å². The van der Waals surface area contributed by atoms with Crippen LogP contribution in [0.5, 0.6) is 0 Å². The van der Waals surface area contributed by atoms with Crippen LogP contribution in [0.1, 0.15) is 31.3 Å². The summed E-state index contributed by atoms with van der Waals surface area (Å²) >= 11 is 0. The number of anilines is 1. The van der Waals surface area contributed by atoms with Crippen molar-refractivity contribution in [2.24, 2.45) is 13.0 Å². The lowest BCUT2D eigenvalue weighted by molar-refractivity contribution is 0.231. The van der Waals surface area contributed by atoms with Crippen molar-refractivity contribution in [3.8, 4) is 0 Å². The molecule has 2 amide bonds. The Kier molecular flexibility index (Phi) is 5.84. The number of imidazole rings is 1. The summed E-state index contributed by atoms with van der Waals surface area (Å²) in [5, 5.41) is 5.93. The molecule has 130 valence electrons. The zero-order valence-corrected chi connectivity index (χ0v) is 15.1. The van der Waals surface area contributed by atoms with E-state index in [1.165, 1.54) is 0 Å². The highest BCUT2D eigenvalue weighted by atomic mass is 16.2. The number of benzene rings is 1. The second kappa shape index (κ2) is 7.86. The lowest BCUT2D eigenvalue weighted by atomic mass is 10.0. The lowest BCUT2D eigenvalue weighted by Gasteiger charge is -2.22. The molecular weight excluding hydrogens is 302 g/mol. The summed E-state index contributed by atoms with van der Waals surface area (Å²) in [4.78, 5) is 18.6. The van der Waals surface area contributed by atoms with E-state index in [4.69, 9.17) is 0 Å². The van der Waals surface area contributed by atoms with Gasteiger partial charge in [0.05, 0.1) is 6.04 Å². The van der Waals surface area contributed by atoms with Gasteiger partial charge in [-0.15, -0.1) is 0 Å². The van der Waals surface area contributed by atoms with E-state index < -0.39 is 0 Å². The van der Waals surface area contributed by atoms with Gasteiger partial charge >= 0.3 is 6.03 Å². The van der Waals surface area contributed by atoms with Crippen molar-refractivity contribution in [2.75, 3.05) is 19.0 Å². The Labute approximate surface area is 143 Å². The molecule has 6 nitrogen and oxygen atoms in total. The molecule has 1 aromatic heterocycles. The van der Waals surface area contributed by atoms with Crippen LogP contribution in [0, 0.1) is 5.92 Å². The first-order valence-corrected chi connectivity index (χ1v) is 8.16. The van der Waals surface area contributed by atoms with Gasteiger partial charge in [0.1, 0.15) is 5.82 Å². The fourth-order valence-electron chi connectivity index (χ4n) is 2.49. The maximum absolute atomic E-state index is 12.2. The molecule has 6 heteroatoms. The van der Waals surface area contributed by atoms with Crippen molar-refractivity contribution in [3.05, 3.63) is 48.0 Å². The standard InChI is InChI=1S/C18H27N5O/c1-13(2)16(17-19-10-11-23(17)5)21-18(24)20-12-14-6-8-15(9-7-14)22(3)4/h6-11,13,16H,12H2,1-5H3,(H2,20,21,24)/t16-/m0/s1. The summed E-state index contributed by atoms with van der Waals surface area (Å²) < 4.78 is 1.94. The minimum absolute atomic E-state index is 0.124. The topological polar surface area (TPSA) is 62.2 Å². The number of hydrogen-bond donors (Lipinski definition) is 2. The van der Waals surface area contributed by atoms with Gasteiger partial charge < -0.3 is 20.1 Å². The third-order valence-electron chi connectivity index (χ3n) is 4.00. The van der Waals surface area contributed by atoms with E-state index in [9.17, 15) is 4.79 Å². The number of urea groups is 1. The molecule has 2 rings (SSSR count). The van der Waals surface area contributed by atoms with E-state index >= 15 is 0 Å². The van der Waals surface area contributed by atoms with Crippen LogP contribution in [0.4, 0.5) is 10.5 Å². The molecule has 0 spiro atoms. The van der Waals surface area contributed by atoms with Crippen molar-refractivity contribution in [2.45, 2.75) is 26.4 Å². The third kappa shape index (κ3) is 4.50. The molecule has 0 aliphatic heterocycles. The van der Waals surface area contributed by atoms with Crippen LogP contribution in [0.25, 0.3) is 0 Å². The second-order valence-corrected chi connectivity index (χ2v) is 6.51. The fraction of sp³-hybridized carbons (Fsp3) is 0.444. The average Bonchev–Trinajstić information content (AvgIpc) is 2.96. The Bertz CT molecular complexity index is 660. The van der Waals surface area contributed by atoms with Crippen LogP contribution in [0.15, 0.2) is 36.7 Å². The monoisotopic (exact) mass is 329 g/mol. The summed E-state index contributed by atoms with van der Waals surface area (Å²) in [6, 6.07) is 7.82. The first-order valence-electron chi connectivity index (χ1n) is 8.16. The minimum Gasteiger partial charge on any atom is -0.378 e. The largest absolute Gasteiger partial charge is 0.378 e. The summed E-state index contributed by atoms with van der Waals surface area (Å²) in [6.45, 7) is 4.63. The summed E-state index contributed by atoms with van der Waals surface area (Å²) in [7, 11) is 5.94. The zero-order valence-electron chi connectivity index (χ0n) is 15.1. The molecule has 0 bridgehead atoms. The predicted molar refractivity (Wildman–Crippen MR) is 96.9 cm³/mol. The first kappa shape index (κ1) is 17.8. The lowest BCUT2D eigenvalue weighted by Crippen LogP contribution is -2.40. The van der Waals surface area contributed by atoms with Gasteiger partial charge in [-0.05, 0) is 23.6 Å². The average molecular weight is 329 g/mol. The van der Waals surface area contributed by atoms with Crippen LogP contribution >= 0.6 is 0 Å². The number of aryl methyl sites for hydroxylation is 1. The molecule has 0 radical (unpaired) electrons. The Hall–Kier alpha value is -2.50. The summed E-state index contributed by atoms with van der Waals surface area (Å²) in [6.07, 6.45) is 3.63.